The van der Waals surface area contributed by atoms with Crippen LogP contribution in [0.2, 0.25) is 0 Å². The van der Waals surface area contributed by atoms with E-state index in [-0.39, 0.29) is 5.66 Å². The molecule has 0 amide bonds. The number of benzene rings is 1. The smallest absolute Gasteiger partial charge is 0.249 e. The van der Waals surface area contributed by atoms with E-state index >= 15 is 0 Å². The Hall–Kier alpha value is -2.96. The first-order valence-electron chi connectivity index (χ1n) is 9.07. The molecule has 1 aliphatic heterocycles. The summed E-state index contributed by atoms with van der Waals surface area (Å²) < 4.78 is 2.06. The van der Waals surface area contributed by atoms with Crippen molar-refractivity contribution in [1.82, 2.24) is 24.7 Å². The zero-order chi connectivity index (χ0) is 17.7. The summed E-state index contributed by atoms with van der Waals surface area (Å²) >= 11 is 0. The highest BCUT2D eigenvalue weighted by Crippen LogP contribution is 2.45. The van der Waals surface area contributed by atoms with Gasteiger partial charge < -0.3 is 5.32 Å². The second-order valence-electron chi connectivity index (χ2n) is 7.18. The molecular formula is C19H21N7. The van der Waals surface area contributed by atoms with Crippen molar-refractivity contribution in [2.24, 2.45) is 0 Å². The van der Waals surface area contributed by atoms with E-state index in [1.165, 1.54) is 12.8 Å². The van der Waals surface area contributed by atoms with Crippen LogP contribution in [0.5, 0.6) is 0 Å². The third-order valence-corrected chi connectivity index (χ3v) is 5.18. The molecule has 0 atom stereocenters. The summed E-state index contributed by atoms with van der Waals surface area (Å²) in [4.78, 5) is 13.7. The van der Waals surface area contributed by atoms with Gasteiger partial charge in [-0.05, 0) is 57.7 Å². The third-order valence-electron chi connectivity index (χ3n) is 5.18. The topological polar surface area (TPSA) is 80.5 Å². The van der Waals surface area contributed by atoms with Crippen LogP contribution in [0.1, 0.15) is 37.1 Å². The molecule has 2 aromatic heterocycles. The van der Waals surface area contributed by atoms with Gasteiger partial charge in [-0.2, -0.15) is 4.98 Å². The Labute approximate surface area is 151 Å². The first kappa shape index (κ1) is 15.3. The molecule has 3 aromatic rings. The van der Waals surface area contributed by atoms with Crippen LogP contribution >= 0.6 is 0 Å². The molecule has 7 heteroatoms. The number of fused-ring (bicyclic) bond motifs is 4. The number of nitrogens with one attached hydrogen (secondary N) is 2. The Kier molecular flexibility index (Phi) is 3.25. The SMILES string of the molecule is Cc1cc(C)nc(Nc2nc3n(n2)C2(CCCC2)Nc2ccccc2-3)n1. The highest BCUT2D eigenvalue weighted by atomic mass is 15.5. The van der Waals surface area contributed by atoms with Gasteiger partial charge in [0.2, 0.25) is 11.9 Å². The van der Waals surface area contributed by atoms with Gasteiger partial charge >= 0.3 is 0 Å². The fourth-order valence-electron chi connectivity index (χ4n) is 4.11. The van der Waals surface area contributed by atoms with Crippen LogP contribution in [0.25, 0.3) is 11.4 Å². The van der Waals surface area contributed by atoms with Crippen molar-refractivity contribution in [3.8, 4) is 11.4 Å². The van der Waals surface area contributed by atoms with Gasteiger partial charge in [-0.1, -0.05) is 12.1 Å². The molecule has 0 unspecified atom stereocenters. The number of hydrogen-bond donors (Lipinski definition) is 2. The molecule has 2 N–H and O–H groups in total. The third kappa shape index (κ3) is 2.34. The minimum atomic E-state index is -0.181. The Morgan fingerprint density at radius 1 is 1.00 bits per heavy atom. The van der Waals surface area contributed by atoms with E-state index in [4.69, 9.17) is 10.1 Å². The molecule has 0 saturated heterocycles. The van der Waals surface area contributed by atoms with Crippen LogP contribution in [0.3, 0.4) is 0 Å². The monoisotopic (exact) mass is 347 g/mol. The predicted molar refractivity (Wildman–Crippen MR) is 100 cm³/mol. The van der Waals surface area contributed by atoms with Crippen LogP contribution in [0, 0.1) is 13.8 Å². The van der Waals surface area contributed by atoms with Crippen molar-refractivity contribution in [2.75, 3.05) is 10.6 Å². The molecule has 0 bridgehead atoms. The zero-order valence-electron chi connectivity index (χ0n) is 15.0. The maximum absolute atomic E-state index is 4.79. The van der Waals surface area contributed by atoms with Crippen LogP contribution < -0.4 is 10.6 Å². The molecule has 1 aromatic carbocycles. The van der Waals surface area contributed by atoms with Gasteiger partial charge in [0.25, 0.3) is 0 Å². The number of aromatic nitrogens is 5. The summed E-state index contributed by atoms with van der Waals surface area (Å²) in [5.41, 5.74) is 3.86. The van der Waals surface area contributed by atoms with Crippen LogP contribution in [-0.2, 0) is 5.66 Å². The van der Waals surface area contributed by atoms with Crippen LogP contribution in [-0.4, -0.2) is 24.7 Å². The molecular weight excluding hydrogens is 326 g/mol. The van der Waals surface area contributed by atoms with Crippen molar-refractivity contribution in [1.29, 1.82) is 0 Å². The van der Waals surface area contributed by atoms with E-state index < -0.39 is 0 Å². The van der Waals surface area contributed by atoms with E-state index in [0.29, 0.717) is 11.9 Å². The summed E-state index contributed by atoms with van der Waals surface area (Å²) in [6.07, 6.45) is 4.49. The van der Waals surface area contributed by atoms with E-state index in [1.54, 1.807) is 0 Å². The van der Waals surface area contributed by atoms with Gasteiger partial charge in [-0.25, -0.2) is 14.6 Å². The van der Waals surface area contributed by atoms with Crippen LogP contribution in [0.4, 0.5) is 17.6 Å². The van der Waals surface area contributed by atoms with E-state index in [0.717, 1.165) is 41.3 Å². The molecule has 1 spiro atoms. The summed E-state index contributed by atoms with van der Waals surface area (Å²) in [6, 6.07) is 10.2. The first-order valence-corrected chi connectivity index (χ1v) is 9.07. The lowest BCUT2D eigenvalue weighted by molar-refractivity contribution is 0.309. The van der Waals surface area contributed by atoms with Gasteiger partial charge in [0.1, 0.15) is 5.66 Å². The summed E-state index contributed by atoms with van der Waals surface area (Å²) in [7, 11) is 0. The molecule has 0 radical (unpaired) electrons. The maximum atomic E-state index is 4.79. The second-order valence-corrected chi connectivity index (χ2v) is 7.18. The van der Waals surface area contributed by atoms with Gasteiger partial charge in [0.05, 0.1) is 0 Å². The van der Waals surface area contributed by atoms with Crippen LogP contribution in [0.15, 0.2) is 30.3 Å². The number of para-hydroxylation sites is 1. The predicted octanol–water partition coefficient (Wildman–Crippen LogP) is 3.75. The molecule has 1 aliphatic carbocycles. The standard InChI is InChI=1S/C19H21N7/c1-12-11-13(2)21-17(20-12)23-18-22-16-14-7-3-4-8-15(14)24-19(26(16)25-18)9-5-6-10-19/h3-4,7-8,11,24H,5-6,9-10H2,1-2H3,(H,20,21,23,25). The first-order chi connectivity index (χ1) is 12.6. The number of aryl methyl sites for hydroxylation is 2. The number of nitrogens with zero attached hydrogens (tertiary/aromatic N) is 5. The Bertz CT molecular complexity index is 965. The van der Waals surface area contributed by atoms with Gasteiger partial charge in [0.15, 0.2) is 5.82 Å². The van der Waals surface area contributed by atoms with Gasteiger partial charge in [-0.3, -0.25) is 5.32 Å². The fourth-order valence-corrected chi connectivity index (χ4v) is 4.11. The highest BCUT2D eigenvalue weighted by Gasteiger charge is 2.42. The van der Waals surface area contributed by atoms with E-state index in [1.807, 2.05) is 26.0 Å². The number of rotatable bonds is 2. The van der Waals surface area contributed by atoms with Gasteiger partial charge in [-0.15, -0.1) is 5.10 Å². The quantitative estimate of drug-likeness (QED) is 0.735. The van der Waals surface area contributed by atoms with Crippen molar-refractivity contribution in [3.05, 3.63) is 41.7 Å². The average molecular weight is 347 g/mol. The fraction of sp³-hybridized carbons (Fsp3) is 0.368. The zero-order valence-corrected chi connectivity index (χ0v) is 15.0. The molecule has 3 heterocycles. The van der Waals surface area contributed by atoms with Crippen molar-refractivity contribution in [3.63, 3.8) is 0 Å². The second kappa shape index (κ2) is 5.52. The number of hydrogen-bond acceptors (Lipinski definition) is 6. The molecule has 7 nitrogen and oxygen atoms in total. The number of anilines is 3. The van der Waals surface area contributed by atoms with Crippen molar-refractivity contribution in [2.45, 2.75) is 45.2 Å². The normalized spacial score (nSPS) is 16.8. The molecule has 132 valence electrons. The lowest BCUT2D eigenvalue weighted by atomic mass is 10.0. The lowest BCUT2D eigenvalue weighted by Crippen LogP contribution is -2.42. The Morgan fingerprint density at radius 2 is 1.73 bits per heavy atom. The van der Waals surface area contributed by atoms with Crippen molar-refractivity contribution < 1.29 is 0 Å². The molecule has 26 heavy (non-hydrogen) atoms. The molecule has 2 aliphatic rings. The summed E-state index contributed by atoms with van der Waals surface area (Å²) in [6.45, 7) is 3.92. The minimum Gasteiger partial charge on any atom is -0.361 e. The maximum Gasteiger partial charge on any atom is 0.249 e. The van der Waals surface area contributed by atoms with Gasteiger partial charge in [0, 0.05) is 22.6 Å². The highest BCUT2D eigenvalue weighted by molar-refractivity contribution is 5.77. The van der Waals surface area contributed by atoms with E-state index in [9.17, 15) is 0 Å². The minimum absolute atomic E-state index is 0.181. The van der Waals surface area contributed by atoms with Crippen molar-refractivity contribution >= 4 is 17.6 Å². The molecule has 1 fully saturated rings. The molecule has 5 rings (SSSR count). The summed E-state index contributed by atoms with van der Waals surface area (Å²) in [5.74, 6) is 1.97. The Morgan fingerprint density at radius 3 is 2.50 bits per heavy atom. The summed E-state index contributed by atoms with van der Waals surface area (Å²) in [5, 5.41) is 11.7. The average Bonchev–Trinajstić information content (AvgIpc) is 3.22. The van der Waals surface area contributed by atoms with E-state index in [2.05, 4.69) is 43.5 Å². The largest absolute Gasteiger partial charge is 0.361 e. The lowest BCUT2D eigenvalue weighted by Gasteiger charge is -2.37. The molecule has 1 saturated carbocycles. The Balaban J connectivity index is 1.60.